The summed E-state index contributed by atoms with van der Waals surface area (Å²) in [5.74, 6) is -0.580. The SMILES string of the molecule is CN(Cc1ccccc1)C(=O)CNC(=O)Cn1cnc2sc3c(c2c1=O)CCCC3. The Balaban J connectivity index is 1.38. The third-order valence-electron chi connectivity index (χ3n) is 5.38. The number of aryl methyl sites for hydroxylation is 2. The highest BCUT2D eigenvalue weighted by Crippen LogP contribution is 2.33. The zero-order valence-corrected chi connectivity index (χ0v) is 17.7. The normalized spacial score (nSPS) is 13.1. The van der Waals surface area contributed by atoms with Crippen LogP contribution >= 0.6 is 11.3 Å². The minimum atomic E-state index is -0.385. The number of likely N-dealkylation sites (N-methyl/N-ethyl adjacent to an activating group) is 1. The van der Waals surface area contributed by atoms with Gasteiger partial charge in [0.25, 0.3) is 5.56 Å². The second-order valence-corrected chi connectivity index (χ2v) is 8.66. The van der Waals surface area contributed by atoms with Gasteiger partial charge >= 0.3 is 0 Å². The largest absolute Gasteiger partial charge is 0.345 e. The van der Waals surface area contributed by atoms with Gasteiger partial charge in [0.15, 0.2) is 0 Å². The van der Waals surface area contributed by atoms with Gasteiger partial charge in [0, 0.05) is 18.5 Å². The molecular formula is C22H24N4O3S. The monoisotopic (exact) mass is 424 g/mol. The molecule has 2 amide bonds. The lowest BCUT2D eigenvalue weighted by Crippen LogP contribution is -2.40. The third kappa shape index (κ3) is 4.28. The molecule has 0 saturated heterocycles. The highest BCUT2D eigenvalue weighted by Gasteiger charge is 2.20. The predicted molar refractivity (Wildman–Crippen MR) is 116 cm³/mol. The van der Waals surface area contributed by atoms with Gasteiger partial charge < -0.3 is 10.2 Å². The van der Waals surface area contributed by atoms with Gasteiger partial charge in [-0.25, -0.2) is 4.98 Å². The van der Waals surface area contributed by atoms with Gasteiger partial charge in [0.1, 0.15) is 11.4 Å². The molecule has 4 rings (SSSR count). The minimum Gasteiger partial charge on any atom is -0.345 e. The summed E-state index contributed by atoms with van der Waals surface area (Å²) in [5.41, 5.74) is 1.94. The minimum absolute atomic E-state index is 0.111. The van der Waals surface area contributed by atoms with Crippen LogP contribution in [0.15, 0.2) is 41.5 Å². The lowest BCUT2D eigenvalue weighted by atomic mass is 9.97. The van der Waals surface area contributed by atoms with E-state index in [-0.39, 0.29) is 30.5 Å². The molecule has 0 bridgehead atoms. The van der Waals surface area contributed by atoms with Crippen molar-refractivity contribution in [1.82, 2.24) is 19.8 Å². The Hall–Kier alpha value is -3.00. The molecule has 0 aliphatic heterocycles. The Morgan fingerprint density at radius 1 is 1.20 bits per heavy atom. The molecule has 0 atom stereocenters. The number of aromatic nitrogens is 2. The Kier molecular flexibility index (Phi) is 5.94. The van der Waals surface area contributed by atoms with Crippen LogP contribution in [0.3, 0.4) is 0 Å². The predicted octanol–water partition coefficient (Wildman–Crippen LogP) is 2.11. The molecule has 0 unspecified atom stereocenters. The maximum Gasteiger partial charge on any atom is 0.262 e. The van der Waals surface area contributed by atoms with Crippen LogP contribution in [0.2, 0.25) is 0 Å². The summed E-state index contributed by atoms with van der Waals surface area (Å²) in [4.78, 5) is 45.5. The van der Waals surface area contributed by atoms with Crippen LogP contribution in [0.25, 0.3) is 10.2 Å². The van der Waals surface area contributed by atoms with Crippen molar-refractivity contribution >= 4 is 33.4 Å². The standard InChI is InChI=1S/C22H24N4O3S/c1-25(12-15-7-3-2-4-8-15)19(28)11-23-18(27)13-26-14-24-21-20(22(26)29)16-9-5-6-10-17(16)30-21/h2-4,7-8,14H,5-6,9-13H2,1H3,(H,23,27). The maximum atomic E-state index is 12.9. The van der Waals surface area contributed by atoms with E-state index >= 15 is 0 Å². The summed E-state index contributed by atoms with van der Waals surface area (Å²) in [7, 11) is 1.70. The van der Waals surface area contributed by atoms with Gasteiger partial charge in [-0.2, -0.15) is 0 Å². The van der Waals surface area contributed by atoms with E-state index in [2.05, 4.69) is 10.3 Å². The molecule has 7 nitrogen and oxygen atoms in total. The fourth-order valence-corrected chi connectivity index (χ4v) is 4.98. The number of benzene rings is 1. The molecule has 1 aromatic carbocycles. The van der Waals surface area contributed by atoms with Crippen molar-refractivity contribution in [2.75, 3.05) is 13.6 Å². The first-order valence-corrected chi connectivity index (χ1v) is 10.9. The lowest BCUT2D eigenvalue weighted by Gasteiger charge is -2.17. The molecule has 0 radical (unpaired) electrons. The molecular weight excluding hydrogens is 400 g/mol. The summed E-state index contributed by atoms with van der Waals surface area (Å²) >= 11 is 1.58. The fourth-order valence-electron chi connectivity index (χ4n) is 3.76. The topological polar surface area (TPSA) is 84.3 Å². The summed E-state index contributed by atoms with van der Waals surface area (Å²) < 4.78 is 1.33. The second kappa shape index (κ2) is 8.79. The average Bonchev–Trinajstić information content (AvgIpc) is 3.14. The molecule has 1 aliphatic carbocycles. The molecule has 0 saturated carbocycles. The Morgan fingerprint density at radius 3 is 2.77 bits per heavy atom. The number of hydrogen-bond acceptors (Lipinski definition) is 5. The summed E-state index contributed by atoms with van der Waals surface area (Å²) in [6.07, 6.45) is 5.53. The molecule has 0 spiro atoms. The van der Waals surface area contributed by atoms with Gasteiger partial charge in [-0.1, -0.05) is 30.3 Å². The van der Waals surface area contributed by atoms with Crippen LogP contribution in [0.5, 0.6) is 0 Å². The molecule has 1 aliphatic rings. The van der Waals surface area contributed by atoms with Crippen LogP contribution in [0, 0.1) is 0 Å². The number of rotatable bonds is 6. The number of fused-ring (bicyclic) bond motifs is 3. The molecule has 30 heavy (non-hydrogen) atoms. The smallest absolute Gasteiger partial charge is 0.262 e. The summed E-state index contributed by atoms with van der Waals surface area (Å²) in [5, 5.41) is 3.27. The van der Waals surface area contributed by atoms with Gasteiger partial charge in [0.05, 0.1) is 18.3 Å². The molecule has 0 fully saturated rings. The van der Waals surface area contributed by atoms with E-state index in [1.807, 2.05) is 30.3 Å². The van der Waals surface area contributed by atoms with E-state index in [9.17, 15) is 14.4 Å². The summed E-state index contributed by atoms with van der Waals surface area (Å²) in [6, 6.07) is 9.65. The van der Waals surface area contributed by atoms with Gasteiger partial charge in [-0.15, -0.1) is 11.3 Å². The number of thiophene rings is 1. The van der Waals surface area contributed by atoms with Crippen LogP contribution < -0.4 is 10.9 Å². The number of nitrogens with zero attached hydrogens (tertiary/aromatic N) is 3. The van der Waals surface area contributed by atoms with Crippen molar-refractivity contribution in [2.24, 2.45) is 0 Å². The molecule has 156 valence electrons. The van der Waals surface area contributed by atoms with E-state index in [1.165, 1.54) is 15.8 Å². The Morgan fingerprint density at radius 2 is 1.97 bits per heavy atom. The van der Waals surface area contributed by atoms with Crippen molar-refractivity contribution in [3.63, 3.8) is 0 Å². The van der Waals surface area contributed by atoms with E-state index in [1.54, 1.807) is 23.3 Å². The molecule has 8 heteroatoms. The van der Waals surface area contributed by atoms with Gasteiger partial charge in [-0.3, -0.25) is 19.0 Å². The zero-order chi connectivity index (χ0) is 21.1. The first kappa shape index (κ1) is 20.3. The number of carbonyl (C=O) groups is 2. The number of hydrogen-bond donors (Lipinski definition) is 1. The molecule has 1 N–H and O–H groups in total. The van der Waals surface area contributed by atoms with Crippen molar-refractivity contribution in [3.8, 4) is 0 Å². The fraction of sp³-hybridized carbons (Fsp3) is 0.364. The van der Waals surface area contributed by atoms with Gasteiger partial charge in [-0.05, 0) is 36.8 Å². The highest BCUT2D eigenvalue weighted by atomic mass is 32.1. The van der Waals surface area contributed by atoms with Crippen molar-refractivity contribution in [3.05, 3.63) is 63.0 Å². The lowest BCUT2D eigenvalue weighted by molar-refractivity contribution is -0.132. The van der Waals surface area contributed by atoms with E-state index in [0.717, 1.165) is 41.6 Å². The number of amides is 2. The zero-order valence-electron chi connectivity index (χ0n) is 16.9. The van der Waals surface area contributed by atoms with Gasteiger partial charge in [0.2, 0.25) is 11.8 Å². The molecule has 2 aromatic heterocycles. The van der Waals surface area contributed by atoms with Crippen molar-refractivity contribution in [2.45, 2.75) is 38.8 Å². The summed E-state index contributed by atoms with van der Waals surface area (Å²) in [6.45, 7) is 0.210. The maximum absolute atomic E-state index is 12.9. The Bertz CT molecular complexity index is 1140. The quantitative estimate of drug-likeness (QED) is 0.657. The molecule has 3 aromatic rings. The van der Waals surface area contributed by atoms with Crippen molar-refractivity contribution < 1.29 is 9.59 Å². The molecule has 2 heterocycles. The van der Waals surface area contributed by atoms with Crippen LogP contribution in [0.1, 0.15) is 28.8 Å². The Labute approximate surface area is 178 Å². The number of carbonyl (C=O) groups excluding carboxylic acids is 2. The van der Waals surface area contributed by atoms with Crippen LogP contribution in [-0.4, -0.2) is 39.9 Å². The van der Waals surface area contributed by atoms with Crippen LogP contribution in [-0.2, 0) is 35.5 Å². The van der Waals surface area contributed by atoms with Crippen LogP contribution in [0.4, 0.5) is 0 Å². The van der Waals surface area contributed by atoms with Crippen molar-refractivity contribution in [1.29, 1.82) is 0 Å². The second-order valence-electron chi connectivity index (χ2n) is 7.58. The third-order valence-corrected chi connectivity index (χ3v) is 6.58. The first-order valence-electron chi connectivity index (χ1n) is 10.1. The first-order chi connectivity index (χ1) is 14.5. The number of nitrogens with one attached hydrogen (secondary N) is 1. The van der Waals surface area contributed by atoms with E-state index in [0.29, 0.717) is 11.9 Å². The van der Waals surface area contributed by atoms with E-state index in [4.69, 9.17) is 0 Å². The highest BCUT2D eigenvalue weighted by molar-refractivity contribution is 7.18. The average molecular weight is 425 g/mol. The van der Waals surface area contributed by atoms with E-state index < -0.39 is 0 Å².